The van der Waals surface area contributed by atoms with Gasteiger partial charge in [0.25, 0.3) is 0 Å². The Bertz CT molecular complexity index is 1410. The predicted molar refractivity (Wildman–Crippen MR) is 150 cm³/mol. The molecular formula is C29H37N5O2S. The third-order valence-corrected chi connectivity index (χ3v) is 9.89. The Kier molecular flexibility index (Phi) is 6.75. The van der Waals surface area contributed by atoms with E-state index >= 15 is 0 Å². The number of benzene rings is 2. The van der Waals surface area contributed by atoms with Gasteiger partial charge in [0.05, 0.1) is 15.8 Å². The van der Waals surface area contributed by atoms with Gasteiger partial charge in [-0.1, -0.05) is 32.0 Å². The molecule has 1 aromatic heterocycles. The van der Waals surface area contributed by atoms with E-state index in [1.54, 1.807) is 26.0 Å². The van der Waals surface area contributed by atoms with E-state index in [2.05, 4.69) is 54.6 Å². The van der Waals surface area contributed by atoms with Crippen molar-refractivity contribution in [2.24, 2.45) is 0 Å². The molecule has 2 aliphatic heterocycles. The van der Waals surface area contributed by atoms with Crippen LogP contribution in [0.4, 0.5) is 23.1 Å². The van der Waals surface area contributed by atoms with Crippen molar-refractivity contribution in [2.45, 2.75) is 68.9 Å². The van der Waals surface area contributed by atoms with Crippen LogP contribution in [0, 0.1) is 6.92 Å². The number of nitrogens with one attached hydrogen (secondary N) is 2. The van der Waals surface area contributed by atoms with Crippen molar-refractivity contribution in [1.29, 1.82) is 0 Å². The van der Waals surface area contributed by atoms with Gasteiger partial charge in [0.2, 0.25) is 5.95 Å². The molecule has 5 rings (SSSR count). The quantitative estimate of drug-likeness (QED) is 0.438. The maximum absolute atomic E-state index is 13.2. The molecule has 8 heteroatoms. The van der Waals surface area contributed by atoms with Crippen LogP contribution in [0.15, 0.2) is 53.6 Å². The summed E-state index contributed by atoms with van der Waals surface area (Å²) in [6, 6.07) is 13.7. The van der Waals surface area contributed by atoms with Crippen LogP contribution in [0.1, 0.15) is 63.1 Å². The Hall–Kier alpha value is -2.97. The normalized spacial score (nSPS) is 17.7. The van der Waals surface area contributed by atoms with Crippen molar-refractivity contribution in [1.82, 2.24) is 15.3 Å². The summed E-state index contributed by atoms with van der Waals surface area (Å²) in [7, 11) is -3.47. The molecule has 0 radical (unpaired) electrons. The average Bonchev–Trinajstić information content (AvgIpc) is 3.14. The molecule has 7 nitrogen and oxygen atoms in total. The van der Waals surface area contributed by atoms with Crippen LogP contribution in [-0.4, -0.2) is 43.3 Å². The second-order valence-electron chi connectivity index (χ2n) is 11.2. The molecule has 0 atom stereocenters. The predicted octanol–water partition coefficient (Wildman–Crippen LogP) is 5.61. The molecule has 2 N–H and O–H groups in total. The highest BCUT2D eigenvalue weighted by Gasteiger charge is 2.39. The first-order valence-corrected chi connectivity index (χ1v) is 14.7. The number of piperidine rings is 1. The summed E-state index contributed by atoms with van der Waals surface area (Å²) in [5.41, 5.74) is 5.07. The van der Waals surface area contributed by atoms with Gasteiger partial charge in [-0.15, -0.1) is 0 Å². The molecule has 37 heavy (non-hydrogen) atoms. The molecule has 0 amide bonds. The number of hydrogen-bond acceptors (Lipinski definition) is 7. The molecule has 0 saturated carbocycles. The molecule has 1 fully saturated rings. The molecule has 0 spiro atoms. The first-order chi connectivity index (χ1) is 17.6. The highest BCUT2D eigenvalue weighted by molar-refractivity contribution is 7.92. The van der Waals surface area contributed by atoms with E-state index in [-0.39, 0.29) is 5.41 Å². The number of rotatable bonds is 6. The summed E-state index contributed by atoms with van der Waals surface area (Å²) in [4.78, 5) is 11.9. The number of sulfone groups is 1. The van der Waals surface area contributed by atoms with E-state index in [9.17, 15) is 8.42 Å². The second-order valence-corrected chi connectivity index (χ2v) is 13.7. The third-order valence-electron chi connectivity index (χ3n) is 7.69. The van der Waals surface area contributed by atoms with Crippen molar-refractivity contribution >= 4 is 33.0 Å². The highest BCUT2D eigenvalue weighted by atomic mass is 32.2. The minimum absolute atomic E-state index is 0.227. The molecule has 0 aliphatic carbocycles. The van der Waals surface area contributed by atoms with Gasteiger partial charge in [-0.25, -0.2) is 13.4 Å². The number of fused-ring (bicyclic) bond motifs is 1. The summed E-state index contributed by atoms with van der Waals surface area (Å²) < 4.78 is 26.4. The number of aromatic nitrogens is 2. The van der Waals surface area contributed by atoms with Crippen LogP contribution in [0.25, 0.3) is 0 Å². The Morgan fingerprint density at radius 2 is 1.84 bits per heavy atom. The number of hydrogen-bond donors (Lipinski definition) is 2. The Morgan fingerprint density at radius 3 is 2.54 bits per heavy atom. The van der Waals surface area contributed by atoms with E-state index in [0.29, 0.717) is 29.0 Å². The van der Waals surface area contributed by atoms with Crippen LogP contribution in [0.3, 0.4) is 0 Å². The molecule has 1 saturated heterocycles. The van der Waals surface area contributed by atoms with E-state index in [1.165, 1.54) is 24.0 Å². The van der Waals surface area contributed by atoms with Gasteiger partial charge >= 0.3 is 0 Å². The van der Waals surface area contributed by atoms with Crippen molar-refractivity contribution in [3.05, 3.63) is 65.4 Å². The fraction of sp³-hybridized carbons (Fsp3) is 0.448. The van der Waals surface area contributed by atoms with Crippen LogP contribution < -0.4 is 15.5 Å². The Morgan fingerprint density at radius 1 is 1.11 bits per heavy atom. The molecular weight excluding hydrogens is 482 g/mol. The second kappa shape index (κ2) is 9.72. The lowest BCUT2D eigenvalue weighted by Gasteiger charge is -2.25. The summed E-state index contributed by atoms with van der Waals surface area (Å²) in [6.07, 6.45) is 4.21. The molecule has 3 aromatic rings. The monoisotopic (exact) mass is 519 g/mol. The molecule has 3 heterocycles. The largest absolute Gasteiger partial charge is 0.324 e. The van der Waals surface area contributed by atoms with Crippen molar-refractivity contribution < 1.29 is 8.42 Å². The van der Waals surface area contributed by atoms with E-state index in [1.807, 2.05) is 23.2 Å². The van der Waals surface area contributed by atoms with Gasteiger partial charge in [0.1, 0.15) is 5.82 Å². The fourth-order valence-electron chi connectivity index (χ4n) is 5.52. The molecule has 196 valence electrons. The van der Waals surface area contributed by atoms with E-state index in [0.717, 1.165) is 30.2 Å². The number of para-hydroxylation sites is 1. The fourth-order valence-corrected chi connectivity index (χ4v) is 6.76. The zero-order chi connectivity index (χ0) is 26.4. The van der Waals surface area contributed by atoms with Gasteiger partial charge in [-0.3, -0.25) is 0 Å². The minimum atomic E-state index is -3.47. The lowest BCUT2D eigenvalue weighted by atomic mass is 9.87. The first-order valence-electron chi connectivity index (χ1n) is 13.1. The summed E-state index contributed by atoms with van der Waals surface area (Å²) >= 11 is 0. The van der Waals surface area contributed by atoms with Gasteiger partial charge in [-0.2, -0.15) is 4.98 Å². The SMILES string of the molecule is Cc1cc(Nc2ncc3c(n2)N(c2ccccc2S(=O)(=O)C(C)C)CC3(C)C)ccc1C1CCNCC1. The van der Waals surface area contributed by atoms with Crippen LogP contribution >= 0.6 is 0 Å². The van der Waals surface area contributed by atoms with Crippen molar-refractivity contribution in [2.75, 3.05) is 29.9 Å². The molecule has 0 bridgehead atoms. The zero-order valence-corrected chi connectivity index (χ0v) is 23.2. The minimum Gasteiger partial charge on any atom is -0.324 e. The van der Waals surface area contributed by atoms with E-state index in [4.69, 9.17) is 4.98 Å². The number of aryl methyl sites for hydroxylation is 1. The van der Waals surface area contributed by atoms with Crippen LogP contribution in [-0.2, 0) is 15.3 Å². The van der Waals surface area contributed by atoms with E-state index < -0.39 is 15.1 Å². The zero-order valence-electron chi connectivity index (χ0n) is 22.4. The van der Waals surface area contributed by atoms with Gasteiger partial charge in [-0.05, 0) is 88.0 Å². The maximum Gasteiger partial charge on any atom is 0.229 e. The summed E-state index contributed by atoms with van der Waals surface area (Å²) in [5.74, 6) is 1.85. The number of anilines is 4. The maximum atomic E-state index is 13.2. The van der Waals surface area contributed by atoms with Crippen LogP contribution in [0.5, 0.6) is 0 Å². The molecule has 2 aliphatic rings. The standard InChI is InChI=1S/C29H37N5O2S/c1-19(2)37(35,36)26-9-7-6-8-25(26)34-18-29(4,5)24-17-31-28(33-27(24)34)32-22-10-11-23(20(3)16-22)21-12-14-30-15-13-21/h6-11,16-17,19,21,30H,12-15,18H2,1-5H3,(H,31,32,33). The highest BCUT2D eigenvalue weighted by Crippen LogP contribution is 2.45. The summed E-state index contributed by atoms with van der Waals surface area (Å²) in [6.45, 7) is 12.7. The van der Waals surface area contributed by atoms with Crippen molar-refractivity contribution in [3.63, 3.8) is 0 Å². The van der Waals surface area contributed by atoms with Crippen LogP contribution in [0.2, 0.25) is 0 Å². The van der Waals surface area contributed by atoms with Gasteiger partial charge < -0.3 is 15.5 Å². The Balaban J connectivity index is 1.48. The lowest BCUT2D eigenvalue weighted by Crippen LogP contribution is -2.27. The first kappa shape index (κ1) is 25.7. The average molecular weight is 520 g/mol. The summed E-state index contributed by atoms with van der Waals surface area (Å²) in [5, 5.41) is 6.32. The molecule has 2 aromatic carbocycles. The van der Waals surface area contributed by atoms with Crippen molar-refractivity contribution in [3.8, 4) is 0 Å². The third kappa shape index (κ3) is 4.84. The smallest absolute Gasteiger partial charge is 0.229 e. The van der Waals surface area contributed by atoms with Gasteiger partial charge in [0.15, 0.2) is 9.84 Å². The van der Waals surface area contributed by atoms with Gasteiger partial charge in [0, 0.05) is 29.4 Å². The number of nitrogens with zero attached hydrogens (tertiary/aromatic N) is 3. The topological polar surface area (TPSA) is 87.2 Å². The molecule has 0 unspecified atom stereocenters. The lowest BCUT2D eigenvalue weighted by molar-refractivity contribution is 0.459. The Labute approximate surface area is 220 Å².